The van der Waals surface area contributed by atoms with Gasteiger partial charge in [-0.05, 0) is 45.6 Å². The Morgan fingerprint density at radius 1 is 1.08 bits per heavy atom. The van der Waals surface area contributed by atoms with Crippen molar-refractivity contribution < 1.29 is 0 Å². The predicted molar refractivity (Wildman–Crippen MR) is 118 cm³/mol. The van der Waals surface area contributed by atoms with Crippen molar-refractivity contribution in [2.45, 2.75) is 19.3 Å². The largest absolute Gasteiger partial charge is 0.289 e. The van der Waals surface area contributed by atoms with Crippen molar-refractivity contribution in [1.29, 1.82) is 0 Å². The van der Waals surface area contributed by atoms with Crippen molar-refractivity contribution in [2.24, 2.45) is 0 Å². The van der Waals surface area contributed by atoms with E-state index < -0.39 is 0 Å². The third-order valence-corrected chi connectivity index (χ3v) is 6.12. The summed E-state index contributed by atoms with van der Waals surface area (Å²) in [7, 11) is 0. The smallest absolute Gasteiger partial charge is 0.0662 e. The van der Waals surface area contributed by atoms with Gasteiger partial charge in [0.2, 0.25) is 0 Å². The van der Waals surface area contributed by atoms with E-state index in [1.807, 2.05) is 18.2 Å². The standard InChI is InChI=1S/C24H20IN/c1-16-10-7-8-15-26(25)21-14-9-12-19(21)23-22(17(16)2)18-11-5-6-13-20(18)24(23,3)4/h5-8,10-15H,1-2H2,3-4H3/b10-7-,15-8-. The van der Waals surface area contributed by atoms with Gasteiger partial charge in [-0.15, -0.1) is 5.73 Å². The summed E-state index contributed by atoms with van der Waals surface area (Å²) in [6, 6.07) is 8.65. The maximum Gasteiger partial charge on any atom is 0.0662 e. The average Bonchev–Trinajstić information content (AvgIpc) is 3.18. The molecular weight excluding hydrogens is 429 g/mol. The van der Waals surface area contributed by atoms with Crippen LogP contribution in [0.4, 0.5) is 0 Å². The minimum atomic E-state index is -0.120. The number of allylic oxidation sites excluding steroid dienone is 9. The monoisotopic (exact) mass is 449 g/mol. The van der Waals surface area contributed by atoms with Crippen molar-refractivity contribution in [1.82, 2.24) is 3.11 Å². The van der Waals surface area contributed by atoms with Crippen LogP contribution in [0.2, 0.25) is 0 Å². The van der Waals surface area contributed by atoms with Crippen LogP contribution in [0.1, 0.15) is 25.0 Å². The minimum absolute atomic E-state index is 0.120. The van der Waals surface area contributed by atoms with Gasteiger partial charge in [0, 0.05) is 23.3 Å². The normalized spacial score (nSPS) is 23.0. The van der Waals surface area contributed by atoms with Gasteiger partial charge in [0.1, 0.15) is 0 Å². The fourth-order valence-electron chi connectivity index (χ4n) is 3.98. The summed E-state index contributed by atoms with van der Waals surface area (Å²) in [6.07, 6.45) is 12.3. The Bertz CT molecular complexity index is 1030. The second kappa shape index (κ2) is 6.15. The van der Waals surface area contributed by atoms with Crippen LogP contribution in [0.25, 0.3) is 5.57 Å². The van der Waals surface area contributed by atoms with Crippen molar-refractivity contribution >= 4 is 28.4 Å². The highest BCUT2D eigenvalue weighted by Gasteiger charge is 2.41. The van der Waals surface area contributed by atoms with E-state index in [0.29, 0.717) is 0 Å². The first-order valence-electron chi connectivity index (χ1n) is 8.63. The molecule has 1 aromatic rings. The molecule has 1 aliphatic heterocycles. The van der Waals surface area contributed by atoms with E-state index in [-0.39, 0.29) is 5.41 Å². The Balaban J connectivity index is 2.09. The Morgan fingerprint density at radius 2 is 1.85 bits per heavy atom. The van der Waals surface area contributed by atoms with Crippen LogP contribution in [0.3, 0.4) is 0 Å². The lowest BCUT2D eigenvalue weighted by Gasteiger charge is -2.27. The first-order chi connectivity index (χ1) is 12.4. The van der Waals surface area contributed by atoms with Gasteiger partial charge < -0.3 is 0 Å². The topological polar surface area (TPSA) is 3.24 Å². The number of fused-ring (bicyclic) bond motifs is 3. The zero-order chi connectivity index (χ0) is 18.5. The summed E-state index contributed by atoms with van der Waals surface area (Å²) in [5.41, 5.74) is 12.5. The number of hydrogen-bond acceptors (Lipinski definition) is 1. The summed E-state index contributed by atoms with van der Waals surface area (Å²) in [5, 5.41) is 0. The lowest BCUT2D eigenvalue weighted by Crippen LogP contribution is -2.19. The molecule has 26 heavy (non-hydrogen) atoms. The molecule has 0 amide bonds. The first-order valence-corrected chi connectivity index (χ1v) is 9.59. The lowest BCUT2D eigenvalue weighted by molar-refractivity contribution is 0.645. The van der Waals surface area contributed by atoms with E-state index in [2.05, 4.69) is 101 Å². The summed E-state index contributed by atoms with van der Waals surface area (Å²) in [6.45, 7) is 13.3. The number of benzene rings is 1. The molecule has 1 nitrogen and oxygen atoms in total. The van der Waals surface area contributed by atoms with Crippen molar-refractivity contribution in [3.63, 3.8) is 0 Å². The van der Waals surface area contributed by atoms with E-state index in [4.69, 9.17) is 0 Å². The van der Waals surface area contributed by atoms with Gasteiger partial charge in [-0.3, -0.25) is 3.11 Å². The molecule has 2 aliphatic carbocycles. The molecule has 3 aliphatic rings. The molecule has 0 unspecified atom stereocenters. The highest BCUT2D eigenvalue weighted by Crippen LogP contribution is 2.53. The molecule has 0 aromatic heterocycles. The molecule has 0 radical (unpaired) electrons. The quantitative estimate of drug-likeness (QED) is 0.246. The SMILES string of the molecule is C=C1/C=C\C=C/N(I)C2=C(C=C=C2)C2=C(C1=C)c1ccccc1C2(C)C. The highest BCUT2D eigenvalue weighted by molar-refractivity contribution is 14.1. The Morgan fingerprint density at radius 3 is 2.65 bits per heavy atom. The molecule has 0 atom stereocenters. The maximum atomic E-state index is 4.42. The molecule has 2 heteroatoms. The van der Waals surface area contributed by atoms with E-state index >= 15 is 0 Å². The molecule has 0 N–H and O–H groups in total. The minimum Gasteiger partial charge on any atom is -0.289 e. The van der Waals surface area contributed by atoms with Gasteiger partial charge in [-0.2, -0.15) is 0 Å². The summed E-state index contributed by atoms with van der Waals surface area (Å²) >= 11 is 2.33. The highest BCUT2D eigenvalue weighted by atomic mass is 127. The third kappa shape index (κ3) is 2.45. The van der Waals surface area contributed by atoms with Crippen LogP contribution < -0.4 is 0 Å². The average molecular weight is 449 g/mol. The fraction of sp³-hybridized carbons (Fsp3) is 0.125. The van der Waals surface area contributed by atoms with Crippen molar-refractivity contribution in [3.8, 4) is 0 Å². The summed E-state index contributed by atoms with van der Waals surface area (Å²) in [5.74, 6) is 0. The molecule has 4 rings (SSSR count). The molecule has 0 spiro atoms. The zero-order valence-electron chi connectivity index (χ0n) is 15.0. The Hall–Kier alpha value is -2.29. The molecule has 128 valence electrons. The fourth-order valence-corrected chi connectivity index (χ4v) is 4.57. The molecule has 1 aromatic carbocycles. The third-order valence-electron chi connectivity index (χ3n) is 5.28. The van der Waals surface area contributed by atoms with Crippen LogP contribution in [-0.4, -0.2) is 3.11 Å². The van der Waals surface area contributed by atoms with Crippen LogP contribution in [-0.2, 0) is 5.41 Å². The second-order valence-corrected chi connectivity index (χ2v) is 8.23. The van der Waals surface area contributed by atoms with Crippen molar-refractivity contribution in [3.05, 3.63) is 119 Å². The molecule has 0 saturated carbocycles. The van der Waals surface area contributed by atoms with Gasteiger partial charge in [0.05, 0.1) is 28.6 Å². The van der Waals surface area contributed by atoms with Crippen LogP contribution in [0, 0.1) is 0 Å². The lowest BCUT2D eigenvalue weighted by atomic mass is 9.77. The molecule has 0 fully saturated rings. The maximum absolute atomic E-state index is 4.42. The van der Waals surface area contributed by atoms with Gasteiger partial charge >= 0.3 is 0 Å². The summed E-state index contributed by atoms with van der Waals surface area (Å²) < 4.78 is 2.12. The molecule has 0 bridgehead atoms. The Labute approximate surface area is 169 Å². The van der Waals surface area contributed by atoms with Crippen LogP contribution >= 0.6 is 22.9 Å². The van der Waals surface area contributed by atoms with Gasteiger partial charge in [0.15, 0.2) is 0 Å². The summed E-state index contributed by atoms with van der Waals surface area (Å²) in [4.78, 5) is 0. The van der Waals surface area contributed by atoms with Crippen LogP contribution in [0.5, 0.6) is 0 Å². The second-order valence-electron chi connectivity index (χ2n) is 7.19. The van der Waals surface area contributed by atoms with Gasteiger partial charge in [0.25, 0.3) is 0 Å². The number of nitrogens with zero attached hydrogens (tertiary/aromatic N) is 1. The van der Waals surface area contributed by atoms with Gasteiger partial charge in [-0.1, -0.05) is 63.4 Å². The molecular formula is C24H20IN. The zero-order valence-corrected chi connectivity index (χ0v) is 17.2. The van der Waals surface area contributed by atoms with Crippen molar-refractivity contribution in [2.75, 3.05) is 0 Å². The molecule has 0 saturated heterocycles. The number of hydrogen-bond donors (Lipinski definition) is 0. The predicted octanol–water partition coefficient (Wildman–Crippen LogP) is 6.56. The van der Waals surface area contributed by atoms with E-state index in [1.165, 1.54) is 27.8 Å². The molecule has 1 heterocycles. The van der Waals surface area contributed by atoms with E-state index in [0.717, 1.165) is 16.8 Å². The van der Waals surface area contributed by atoms with E-state index in [9.17, 15) is 0 Å². The van der Waals surface area contributed by atoms with Gasteiger partial charge in [-0.25, -0.2) is 0 Å². The van der Waals surface area contributed by atoms with E-state index in [1.54, 1.807) is 0 Å². The first kappa shape index (κ1) is 17.1. The number of rotatable bonds is 0. The van der Waals surface area contributed by atoms with Crippen LogP contribution in [0.15, 0.2) is 108 Å². The number of halogens is 1. The Kier molecular flexibility index (Phi) is 4.06.